The van der Waals surface area contributed by atoms with Crippen LogP contribution in [0.15, 0.2) is 79.1 Å². The third kappa shape index (κ3) is 6.17. The highest BCUT2D eigenvalue weighted by Gasteiger charge is 2.15. The number of hydrogen-bond donors (Lipinski definition) is 1. The first-order chi connectivity index (χ1) is 14.1. The number of amides is 2. The van der Waals surface area contributed by atoms with Gasteiger partial charge in [0.1, 0.15) is 12.2 Å². The Kier molecular flexibility index (Phi) is 6.95. The van der Waals surface area contributed by atoms with E-state index in [-0.39, 0.29) is 18.2 Å². The third-order valence-corrected chi connectivity index (χ3v) is 4.35. The highest BCUT2D eigenvalue weighted by Crippen LogP contribution is 2.29. The van der Waals surface area contributed by atoms with Crippen LogP contribution in [0.3, 0.4) is 0 Å². The summed E-state index contributed by atoms with van der Waals surface area (Å²) in [6, 6.07) is 20.3. The predicted molar refractivity (Wildman–Crippen MR) is 112 cm³/mol. The summed E-state index contributed by atoms with van der Waals surface area (Å²) in [6.45, 7) is 0.532. The Hall–Kier alpha value is -3.67. The second-order valence-electron chi connectivity index (χ2n) is 6.56. The normalized spacial score (nSPS) is 10.2. The van der Waals surface area contributed by atoms with E-state index in [9.17, 15) is 9.59 Å². The molecule has 0 saturated heterocycles. The minimum Gasteiger partial charge on any atom is -0.455 e. The lowest BCUT2D eigenvalue weighted by Crippen LogP contribution is -2.32. The molecule has 3 rings (SSSR count). The summed E-state index contributed by atoms with van der Waals surface area (Å²) in [5.74, 6) is 0.569. The molecule has 1 N–H and O–H groups in total. The van der Waals surface area contributed by atoms with Gasteiger partial charge in [-0.1, -0.05) is 30.3 Å². The van der Waals surface area contributed by atoms with Gasteiger partial charge >= 0.3 is 0 Å². The molecule has 3 aromatic rings. The maximum atomic E-state index is 12.4. The fraction of sp³-hybridized carbons (Fsp3) is 0.174. The van der Waals surface area contributed by atoms with E-state index in [1.165, 1.54) is 0 Å². The molecule has 0 bridgehead atoms. The summed E-state index contributed by atoms with van der Waals surface area (Å²) in [6.07, 6.45) is 3.92. The lowest BCUT2D eigenvalue weighted by molar-refractivity contribution is -0.133. The number of likely N-dealkylation sites (N-methyl/N-ethyl adjacent to an activating group) is 1. The quantitative estimate of drug-likeness (QED) is 0.593. The van der Waals surface area contributed by atoms with E-state index >= 15 is 0 Å². The molecule has 0 saturated carbocycles. The van der Waals surface area contributed by atoms with Crippen LogP contribution in [0.25, 0.3) is 0 Å². The Morgan fingerprint density at radius 1 is 0.966 bits per heavy atom. The number of pyridine rings is 1. The van der Waals surface area contributed by atoms with Gasteiger partial charge in [0.15, 0.2) is 5.75 Å². The fourth-order valence-corrected chi connectivity index (χ4v) is 2.71. The summed E-state index contributed by atoms with van der Waals surface area (Å²) in [5.41, 5.74) is 1.62. The van der Waals surface area contributed by atoms with E-state index in [0.29, 0.717) is 30.2 Å². The molecule has 29 heavy (non-hydrogen) atoms. The summed E-state index contributed by atoms with van der Waals surface area (Å²) >= 11 is 0. The fourth-order valence-electron chi connectivity index (χ4n) is 2.71. The van der Waals surface area contributed by atoms with Crippen molar-refractivity contribution in [3.63, 3.8) is 0 Å². The van der Waals surface area contributed by atoms with Gasteiger partial charge in [-0.25, -0.2) is 0 Å². The summed E-state index contributed by atoms with van der Waals surface area (Å²) in [5, 5.41) is 2.77. The zero-order chi connectivity index (χ0) is 20.5. The monoisotopic (exact) mass is 389 g/mol. The molecular weight excluding hydrogens is 366 g/mol. The Morgan fingerprint density at radius 2 is 1.66 bits per heavy atom. The van der Waals surface area contributed by atoms with Gasteiger partial charge < -0.3 is 15.0 Å². The zero-order valence-corrected chi connectivity index (χ0v) is 16.2. The van der Waals surface area contributed by atoms with Gasteiger partial charge in [0.25, 0.3) is 0 Å². The van der Waals surface area contributed by atoms with Crippen LogP contribution in [0.2, 0.25) is 0 Å². The SMILES string of the molecule is CN(CCc1ccncc1)C(=O)CC(=O)Nc1ccccc1Oc1ccccc1. The Bertz CT molecular complexity index is 946. The van der Waals surface area contributed by atoms with Crippen LogP contribution in [0.4, 0.5) is 5.69 Å². The predicted octanol–water partition coefficient (Wildman–Crippen LogP) is 3.90. The van der Waals surface area contributed by atoms with Crippen LogP contribution < -0.4 is 10.1 Å². The van der Waals surface area contributed by atoms with Gasteiger partial charge in [-0.15, -0.1) is 0 Å². The number of para-hydroxylation sites is 3. The average molecular weight is 389 g/mol. The summed E-state index contributed by atoms with van der Waals surface area (Å²) in [4.78, 5) is 30.3. The third-order valence-electron chi connectivity index (χ3n) is 4.35. The number of rotatable bonds is 8. The first-order valence-electron chi connectivity index (χ1n) is 9.36. The van der Waals surface area contributed by atoms with Gasteiger partial charge in [-0.2, -0.15) is 0 Å². The molecule has 6 nitrogen and oxygen atoms in total. The minimum absolute atomic E-state index is 0.230. The maximum absolute atomic E-state index is 12.4. The summed E-state index contributed by atoms with van der Waals surface area (Å²) in [7, 11) is 1.70. The van der Waals surface area contributed by atoms with E-state index in [1.807, 2.05) is 48.5 Å². The molecule has 0 radical (unpaired) electrons. The molecule has 2 amide bonds. The number of aromatic nitrogens is 1. The van der Waals surface area contributed by atoms with Gasteiger partial charge in [0.2, 0.25) is 11.8 Å². The molecule has 0 aliphatic heterocycles. The number of nitrogens with one attached hydrogen (secondary N) is 1. The van der Waals surface area contributed by atoms with Crippen molar-refractivity contribution in [3.05, 3.63) is 84.7 Å². The van der Waals surface area contributed by atoms with Crippen LogP contribution in [-0.2, 0) is 16.0 Å². The van der Waals surface area contributed by atoms with Crippen molar-refractivity contribution < 1.29 is 14.3 Å². The highest BCUT2D eigenvalue weighted by molar-refractivity contribution is 6.04. The largest absolute Gasteiger partial charge is 0.455 e. The molecule has 148 valence electrons. The smallest absolute Gasteiger partial charge is 0.233 e. The first kappa shape index (κ1) is 20.1. The van der Waals surface area contributed by atoms with Crippen LogP contribution in [0.5, 0.6) is 11.5 Å². The lowest BCUT2D eigenvalue weighted by Gasteiger charge is -2.17. The Balaban J connectivity index is 1.54. The average Bonchev–Trinajstić information content (AvgIpc) is 2.75. The number of nitrogens with zero attached hydrogens (tertiary/aromatic N) is 2. The summed E-state index contributed by atoms with van der Waals surface area (Å²) < 4.78 is 5.84. The van der Waals surface area contributed by atoms with Crippen molar-refractivity contribution in [3.8, 4) is 11.5 Å². The standard InChI is InChI=1S/C23H23N3O3/c1-26(16-13-18-11-14-24-15-12-18)23(28)17-22(27)25-20-9-5-6-10-21(20)29-19-7-3-2-4-8-19/h2-12,14-15H,13,16-17H2,1H3,(H,25,27). The number of hydrogen-bond acceptors (Lipinski definition) is 4. The van der Waals surface area contributed by atoms with Crippen molar-refractivity contribution in [1.29, 1.82) is 0 Å². The van der Waals surface area contributed by atoms with E-state index < -0.39 is 0 Å². The molecule has 6 heteroatoms. The number of anilines is 1. The topological polar surface area (TPSA) is 71.5 Å². The zero-order valence-electron chi connectivity index (χ0n) is 16.2. The molecule has 0 fully saturated rings. The van der Waals surface area contributed by atoms with Crippen LogP contribution in [0, 0.1) is 0 Å². The number of carbonyl (C=O) groups excluding carboxylic acids is 2. The Morgan fingerprint density at radius 3 is 2.41 bits per heavy atom. The van der Waals surface area contributed by atoms with Crippen LogP contribution >= 0.6 is 0 Å². The molecular formula is C23H23N3O3. The highest BCUT2D eigenvalue weighted by atomic mass is 16.5. The van der Waals surface area contributed by atoms with Crippen molar-refractivity contribution >= 4 is 17.5 Å². The Labute approximate surface area is 170 Å². The molecule has 0 unspecified atom stereocenters. The van der Waals surface area contributed by atoms with E-state index in [1.54, 1.807) is 42.5 Å². The van der Waals surface area contributed by atoms with Gasteiger partial charge in [0.05, 0.1) is 5.69 Å². The van der Waals surface area contributed by atoms with Gasteiger partial charge in [-0.3, -0.25) is 14.6 Å². The van der Waals surface area contributed by atoms with Crippen molar-refractivity contribution in [2.45, 2.75) is 12.8 Å². The minimum atomic E-state index is -0.380. The molecule has 1 heterocycles. The first-order valence-corrected chi connectivity index (χ1v) is 9.36. The van der Waals surface area contributed by atoms with Gasteiger partial charge in [-0.05, 0) is 48.4 Å². The van der Waals surface area contributed by atoms with E-state index in [2.05, 4.69) is 10.3 Å². The van der Waals surface area contributed by atoms with Crippen molar-refractivity contribution in [2.24, 2.45) is 0 Å². The second-order valence-corrected chi connectivity index (χ2v) is 6.56. The molecule has 0 atom stereocenters. The number of benzene rings is 2. The molecule has 0 aliphatic rings. The maximum Gasteiger partial charge on any atom is 0.233 e. The van der Waals surface area contributed by atoms with Crippen molar-refractivity contribution in [1.82, 2.24) is 9.88 Å². The molecule has 1 aromatic heterocycles. The van der Waals surface area contributed by atoms with E-state index in [0.717, 1.165) is 5.56 Å². The lowest BCUT2D eigenvalue weighted by atomic mass is 10.2. The number of carbonyl (C=O) groups is 2. The van der Waals surface area contributed by atoms with Crippen molar-refractivity contribution in [2.75, 3.05) is 18.9 Å². The van der Waals surface area contributed by atoms with E-state index in [4.69, 9.17) is 4.74 Å². The molecule has 0 aliphatic carbocycles. The number of ether oxygens (including phenoxy) is 1. The van der Waals surface area contributed by atoms with Gasteiger partial charge in [0, 0.05) is 26.0 Å². The molecule has 0 spiro atoms. The molecule has 2 aromatic carbocycles. The second kappa shape index (κ2) is 10.0. The van der Waals surface area contributed by atoms with Crippen LogP contribution in [-0.4, -0.2) is 35.3 Å². The van der Waals surface area contributed by atoms with Crippen LogP contribution in [0.1, 0.15) is 12.0 Å².